The van der Waals surface area contributed by atoms with Crippen LogP contribution in [0.2, 0.25) is 0 Å². The Morgan fingerprint density at radius 1 is 1.33 bits per heavy atom. The first-order chi connectivity index (χ1) is 8.60. The van der Waals surface area contributed by atoms with Crippen molar-refractivity contribution in [3.63, 3.8) is 0 Å². The summed E-state index contributed by atoms with van der Waals surface area (Å²) in [6, 6.07) is 4.21. The number of hydrogen-bond acceptors (Lipinski definition) is 4. The van der Waals surface area contributed by atoms with Crippen LogP contribution in [0.25, 0.3) is 0 Å². The number of carbonyl (C=O) groups excluding carboxylic acids is 1. The molecule has 0 atom stereocenters. The number of likely N-dealkylation sites (N-methyl/N-ethyl adjacent to an activating group) is 1. The average molecular weight is 249 g/mol. The van der Waals surface area contributed by atoms with E-state index in [4.69, 9.17) is 0 Å². The Bertz CT molecular complexity index is 441. The lowest BCUT2D eigenvalue weighted by Gasteiger charge is -2.19. The Morgan fingerprint density at radius 2 is 2.06 bits per heavy atom. The fraction of sp³-hybridized carbons (Fsp3) is 0.500. The molecule has 0 aromatic heterocycles. The van der Waals surface area contributed by atoms with Gasteiger partial charge in [-0.05, 0) is 43.5 Å². The number of benzene rings is 1. The van der Waals surface area contributed by atoms with E-state index in [1.54, 1.807) is 6.07 Å². The molecule has 1 aromatic carbocycles. The van der Waals surface area contributed by atoms with Gasteiger partial charge in [0.2, 0.25) is 0 Å². The fourth-order valence-corrected chi connectivity index (χ4v) is 1.96. The molecule has 0 amide bonds. The molecule has 98 valence electrons. The number of nitrogens with zero attached hydrogens (tertiary/aromatic N) is 1. The second-order valence-electron chi connectivity index (χ2n) is 4.90. The van der Waals surface area contributed by atoms with Crippen molar-refractivity contribution in [1.82, 2.24) is 4.90 Å². The van der Waals surface area contributed by atoms with Gasteiger partial charge in [0, 0.05) is 12.1 Å². The molecule has 0 unspecified atom stereocenters. The third-order valence-electron chi connectivity index (χ3n) is 3.33. The van der Waals surface area contributed by atoms with Gasteiger partial charge in [-0.3, -0.25) is 9.69 Å². The quantitative estimate of drug-likeness (QED) is 0.598. The van der Waals surface area contributed by atoms with Gasteiger partial charge in [-0.2, -0.15) is 0 Å². The summed E-state index contributed by atoms with van der Waals surface area (Å²) < 4.78 is 0. The minimum Gasteiger partial charge on any atom is -0.504 e. The second kappa shape index (κ2) is 5.40. The molecule has 1 aliphatic rings. The summed E-state index contributed by atoms with van der Waals surface area (Å²) in [5.74, 6) is 0.293. The van der Waals surface area contributed by atoms with Gasteiger partial charge >= 0.3 is 0 Å². The van der Waals surface area contributed by atoms with Crippen LogP contribution in [0.4, 0.5) is 0 Å². The molecule has 0 saturated heterocycles. The lowest BCUT2D eigenvalue weighted by molar-refractivity contribution is 0.0930. The predicted molar refractivity (Wildman–Crippen MR) is 68.9 cm³/mol. The Morgan fingerprint density at radius 3 is 2.61 bits per heavy atom. The summed E-state index contributed by atoms with van der Waals surface area (Å²) in [7, 11) is 0. The van der Waals surface area contributed by atoms with Gasteiger partial charge < -0.3 is 10.2 Å². The van der Waals surface area contributed by atoms with Crippen LogP contribution >= 0.6 is 0 Å². The van der Waals surface area contributed by atoms with Gasteiger partial charge in [0.15, 0.2) is 17.3 Å². The summed E-state index contributed by atoms with van der Waals surface area (Å²) in [5, 5.41) is 18.6. The maximum Gasteiger partial charge on any atom is 0.176 e. The molecule has 1 aromatic rings. The molecule has 1 saturated carbocycles. The molecule has 2 rings (SSSR count). The van der Waals surface area contributed by atoms with Gasteiger partial charge in [0.25, 0.3) is 0 Å². The van der Waals surface area contributed by atoms with E-state index < -0.39 is 0 Å². The number of aromatic hydroxyl groups is 2. The van der Waals surface area contributed by atoms with E-state index >= 15 is 0 Å². The zero-order valence-corrected chi connectivity index (χ0v) is 10.6. The maximum atomic E-state index is 12.0. The predicted octanol–water partition coefficient (Wildman–Crippen LogP) is 2.01. The smallest absolute Gasteiger partial charge is 0.176 e. The van der Waals surface area contributed by atoms with E-state index in [0.29, 0.717) is 12.1 Å². The number of Topliss-reactive ketones (excluding diaryl/α,β-unsaturated/α-hetero) is 1. The van der Waals surface area contributed by atoms with Gasteiger partial charge in [-0.25, -0.2) is 0 Å². The minimum absolute atomic E-state index is 0.0206. The van der Waals surface area contributed by atoms with Crippen LogP contribution in [0.5, 0.6) is 11.5 Å². The van der Waals surface area contributed by atoms with Crippen LogP contribution in [0.15, 0.2) is 18.2 Å². The zero-order valence-electron chi connectivity index (χ0n) is 10.6. The van der Waals surface area contributed by atoms with E-state index in [-0.39, 0.29) is 17.3 Å². The molecule has 0 bridgehead atoms. The summed E-state index contributed by atoms with van der Waals surface area (Å²) >= 11 is 0. The van der Waals surface area contributed by atoms with Gasteiger partial charge in [0.1, 0.15) is 0 Å². The standard InChI is InChI=1S/C14H19NO3/c1-2-15(8-10-3-4-10)9-14(18)11-5-6-12(16)13(17)7-11/h5-7,10,16-17H,2-4,8-9H2,1H3. The van der Waals surface area contributed by atoms with Crippen molar-refractivity contribution in [3.8, 4) is 11.5 Å². The van der Waals surface area contributed by atoms with Gasteiger partial charge in [-0.15, -0.1) is 0 Å². The second-order valence-corrected chi connectivity index (χ2v) is 4.90. The molecular formula is C14H19NO3. The molecule has 0 aliphatic heterocycles. The highest BCUT2D eigenvalue weighted by Crippen LogP contribution is 2.30. The van der Waals surface area contributed by atoms with E-state index in [9.17, 15) is 15.0 Å². The van der Waals surface area contributed by atoms with Crippen molar-refractivity contribution in [2.75, 3.05) is 19.6 Å². The van der Waals surface area contributed by atoms with Crippen molar-refractivity contribution < 1.29 is 15.0 Å². The van der Waals surface area contributed by atoms with E-state index in [1.807, 2.05) is 6.92 Å². The first-order valence-electron chi connectivity index (χ1n) is 6.37. The van der Waals surface area contributed by atoms with Crippen LogP contribution in [-0.2, 0) is 0 Å². The highest BCUT2D eigenvalue weighted by Gasteiger charge is 2.24. The van der Waals surface area contributed by atoms with Crippen molar-refractivity contribution >= 4 is 5.78 Å². The van der Waals surface area contributed by atoms with Crippen molar-refractivity contribution in [2.45, 2.75) is 19.8 Å². The number of carbonyl (C=O) groups is 1. The van der Waals surface area contributed by atoms with Gasteiger partial charge in [-0.1, -0.05) is 6.92 Å². The van der Waals surface area contributed by atoms with E-state index in [0.717, 1.165) is 19.0 Å². The van der Waals surface area contributed by atoms with Crippen LogP contribution in [0.3, 0.4) is 0 Å². The topological polar surface area (TPSA) is 60.8 Å². The minimum atomic E-state index is -0.244. The maximum absolute atomic E-state index is 12.0. The lowest BCUT2D eigenvalue weighted by atomic mass is 10.1. The highest BCUT2D eigenvalue weighted by atomic mass is 16.3. The summed E-state index contributed by atoms with van der Waals surface area (Å²) in [5.41, 5.74) is 0.444. The Labute approximate surface area is 107 Å². The molecular weight excluding hydrogens is 230 g/mol. The highest BCUT2D eigenvalue weighted by molar-refractivity contribution is 5.98. The SMILES string of the molecule is CCN(CC(=O)c1ccc(O)c(O)c1)CC1CC1. The summed E-state index contributed by atoms with van der Waals surface area (Å²) in [6.07, 6.45) is 2.54. The molecule has 18 heavy (non-hydrogen) atoms. The third kappa shape index (κ3) is 3.23. The molecule has 1 aliphatic carbocycles. The monoisotopic (exact) mass is 249 g/mol. The van der Waals surface area contributed by atoms with Crippen LogP contribution in [-0.4, -0.2) is 40.5 Å². The lowest BCUT2D eigenvalue weighted by Crippen LogP contribution is -2.31. The number of hydrogen-bond donors (Lipinski definition) is 2. The van der Waals surface area contributed by atoms with E-state index in [1.165, 1.54) is 25.0 Å². The molecule has 0 heterocycles. The van der Waals surface area contributed by atoms with Crippen LogP contribution in [0.1, 0.15) is 30.1 Å². The first-order valence-corrected chi connectivity index (χ1v) is 6.37. The summed E-state index contributed by atoms with van der Waals surface area (Å²) in [4.78, 5) is 14.2. The molecule has 4 nitrogen and oxygen atoms in total. The number of rotatable bonds is 6. The Hall–Kier alpha value is -1.55. The average Bonchev–Trinajstić information content (AvgIpc) is 3.15. The molecule has 2 N–H and O–H groups in total. The Balaban J connectivity index is 1.98. The number of phenols is 2. The number of phenolic OH excluding ortho intramolecular Hbond substituents is 2. The fourth-order valence-electron chi connectivity index (χ4n) is 1.96. The van der Waals surface area contributed by atoms with E-state index in [2.05, 4.69) is 4.90 Å². The van der Waals surface area contributed by atoms with Crippen molar-refractivity contribution in [1.29, 1.82) is 0 Å². The largest absolute Gasteiger partial charge is 0.504 e. The molecule has 0 radical (unpaired) electrons. The Kier molecular flexibility index (Phi) is 3.87. The van der Waals surface area contributed by atoms with Crippen LogP contribution < -0.4 is 0 Å². The summed E-state index contributed by atoms with van der Waals surface area (Å²) in [6.45, 7) is 4.25. The molecule has 0 spiro atoms. The zero-order chi connectivity index (χ0) is 13.1. The third-order valence-corrected chi connectivity index (χ3v) is 3.33. The van der Waals surface area contributed by atoms with Crippen molar-refractivity contribution in [2.24, 2.45) is 5.92 Å². The first kappa shape index (κ1) is 12.9. The number of ketones is 1. The molecule has 4 heteroatoms. The van der Waals surface area contributed by atoms with Crippen LogP contribution in [0, 0.1) is 5.92 Å². The van der Waals surface area contributed by atoms with Gasteiger partial charge in [0.05, 0.1) is 6.54 Å². The normalized spacial score (nSPS) is 15.0. The molecule has 1 fully saturated rings. The van der Waals surface area contributed by atoms with Crippen molar-refractivity contribution in [3.05, 3.63) is 23.8 Å².